The second-order valence-corrected chi connectivity index (χ2v) is 5.72. The number of amides is 1. The molecule has 0 aliphatic heterocycles. The Balaban J connectivity index is 2.36. The van der Waals surface area contributed by atoms with Crippen LogP contribution < -0.4 is 5.32 Å². The minimum Gasteiger partial charge on any atom is -0.479 e. The maximum absolute atomic E-state index is 12.6. The second-order valence-electron chi connectivity index (χ2n) is 5.72. The van der Waals surface area contributed by atoms with E-state index in [2.05, 4.69) is 10.3 Å². The molecule has 0 radical (unpaired) electrons. The van der Waals surface area contributed by atoms with Crippen molar-refractivity contribution in [3.63, 3.8) is 0 Å². The molecule has 6 heteroatoms. The number of carboxylic acids is 1. The molecule has 1 atom stereocenters. The molecule has 0 spiro atoms. The first-order valence-electron chi connectivity index (χ1n) is 7.45. The quantitative estimate of drug-likeness (QED) is 0.849. The predicted molar refractivity (Wildman–Crippen MR) is 89.8 cm³/mol. The highest BCUT2D eigenvalue weighted by Gasteiger charge is 2.35. The zero-order valence-electron chi connectivity index (χ0n) is 13.9. The number of benzene rings is 1. The molecule has 1 amide bonds. The van der Waals surface area contributed by atoms with Gasteiger partial charge in [0.15, 0.2) is 5.54 Å². The maximum Gasteiger partial charge on any atom is 0.331 e. The van der Waals surface area contributed by atoms with Gasteiger partial charge in [0.25, 0.3) is 5.91 Å². The number of rotatable bonds is 6. The highest BCUT2D eigenvalue weighted by molar-refractivity contribution is 6.00. The summed E-state index contributed by atoms with van der Waals surface area (Å²) in [5, 5.41) is 11.9. The van der Waals surface area contributed by atoms with Crippen molar-refractivity contribution in [1.29, 1.82) is 0 Å². The fourth-order valence-corrected chi connectivity index (χ4v) is 2.44. The Morgan fingerprint density at radius 2 is 2.00 bits per heavy atom. The summed E-state index contributed by atoms with van der Waals surface area (Å²) in [7, 11) is 1.39. The second kappa shape index (κ2) is 7.23. The average molecular weight is 328 g/mol. The topological polar surface area (TPSA) is 88.5 Å². The first-order chi connectivity index (χ1) is 11.4. The predicted octanol–water partition coefficient (Wildman–Crippen LogP) is 2.28. The van der Waals surface area contributed by atoms with E-state index in [4.69, 9.17) is 4.74 Å². The van der Waals surface area contributed by atoms with Crippen molar-refractivity contribution in [3.8, 4) is 11.3 Å². The molecule has 24 heavy (non-hydrogen) atoms. The highest BCUT2D eigenvalue weighted by atomic mass is 16.5. The van der Waals surface area contributed by atoms with Crippen LogP contribution in [0.2, 0.25) is 0 Å². The number of hydrogen-bond donors (Lipinski definition) is 2. The van der Waals surface area contributed by atoms with E-state index in [0.29, 0.717) is 5.56 Å². The van der Waals surface area contributed by atoms with Crippen molar-refractivity contribution in [3.05, 3.63) is 53.7 Å². The Hall–Kier alpha value is -2.73. The minimum absolute atomic E-state index is 0.132. The Morgan fingerprint density at radius 3 is 2.58 bits per heavy atom. The van der Waals surface area contributed by atoms with Gasteiger partial charge in [-0.2, -0.15) is 0 Å². The lowest BCUT2D eigenvalue weighted by molar-refractivity contribution is -0.145. The molecular weight excluding hydrogens is 308 g/mol. The van der Waals surface area contributed by atoms with Gasteiger partial charge in [0.1, 0.15) is 0 Å². The first-order valence-corrected chi connectivity index (χ1v) is 7.45. The molecule has 0 aliphatic rings. The Morgan fingerprint density at radius 1 is 1.25 bits per heavy atom. The van der Waals surface area contributed by atoms with Crippen LogP contribution in [0.1, 0.15) is 22.8 Å². The maximum atomic E-state index is 12.6. The van der Waals surface area contributed by atoms with Crippen molar-refractivity contribution in [2.24, 2.45) is 0 Å². The number of nitrogens with one attached hydrogen (secondary N) is 1. The fraction of sp³-hybridized carbons (Fsp3) is 0.278. The number of ether oxygens (including phenoxy) is 1. The number of carbonyl (C=O) groups excluding carboxylic acids is 1. The van der Waals surface area contributed by atoms with Gasteiger partial charge < -0.3 is 15.2 Å². The van der Waals surface area contributed by atoms with Gasteiger partial charge in [0.2, 0.25) is 0 Å². The molecule has 1 aromatic heterocycles. The molecule has 1 aromatic carbocycles. The van der Waals surface area contributed by atoms with Crippen LogP contribution >= 0.6 is 0 Å². The van der Waals surface area contributed by atoms with Crippen LogP contribution in [-0.2, 0) is 9.53 Å². The summed E-state index contributed by atoms with van der Waals surface area (Å²) in [6, 6.07) is 10.8. The molecular formula is C18H20N2O4. The molecule has 2 rings (SSSR count). The summed E-state index contributed by atoms with van der Waals surface area (Å²) in [4.78, 5) is 28.3. The molecule has 126 valence electrons. The van der Waals surface area contributed by atoms with Gasteiger partial charge in [0.05, 0.1) is 12.3 Å². The van der Waals surface area contributed by atoms with Gasteiger partial charge in [-0.05, 0) is 37.6 Å². The van der Waals surface area contributed by atoms with Gasteiger partial charge >= 0.3 is 5.97 Å². The minimum atomic E-state index is -1.50. The molecule has 1 heterocycles. The summed E-state index contributed by atoms with van der Waals surface area (Å²) in [6.07, 6.45) is 1.68. The lowest BCUT2D eigenvalue weighted by Gasteiger charge is -2.25. The molecule has 1 unspecified atom stereocenters. The summed E-state index contributed by atoms with van der Waals surface area (Å²) >= 11 is 0. The lowest BCUT2D eigenvalue weighted by atomic mass is 9.97. The van der Waals surface area contributed by atoms with Gasteiger partial charge in [-0.3, -0.25) is 9.78 Å². The van der Waals surface area contributed by atoms with E-state index in [-0.39, 0.29) is 6.61 Å². The normalized spacial score (nSPS) is 13.1. The number of hydrogen-bond acceptors (Lipinski definition) is 4. The SMILES string of the molecule is COCC(C)(NC(=O)c1cccc(-c2ccccn2)c1C)C(=O)O. The van der Waals surface area contributed by atoms with Crippen LogP contribution in [0.15, 0.2) is 42.6 Å². The fourth-order valence-electron chi connectivity index (χ4n) is 2.44. The number of nitrogens with zero attached hydrogens (tertiary/aromatic N) is 1. The third kappa shape index (κ3) is 3.60. The molecule has 0 aliphatic carbocycles. The van der Waals surface area contributed by atoms with E-state index in [1.807, 2.05) is 31.2 Å². The molecule has 0 saturated carbocycles. The number of carbonyl (C=O) groups is 2. The number of aliphatic carboxylic acids is 1. The molecule has 2 N–H and O–H groups in total. The third-order valence-electron chi connectivity index (χ3n) is 3.81. The Kier molecular flexibility index (Phi) is 5.31. The number of carboxylic acid groups (broad SMARTS) is 1. The van der Waals surface area contributed by atoms with E-state index < -0.39 is 17.4 Å². The third-order valence-corrected chi connectivity index (χ3v) is 3.81. The Bertz CT molecular complexity index is 746. The largest absolute Gasteiger partial charge is 0.479 e. The summed E-state index contributed by atoms with van der Waals surface area (Å²) < 4.78 is 4.92. The molecule has 0 bridgehead atoms. The van der Waals surface area contributed by atoms with Crippen LogP contribution in [0.25, 0.3) is 11.3 Å². The highest BCUT2D eigenvalue weighted by Crippen LogP contribution is 2.24. The van der Waals surface area contributed by atoms with Gasteiger partial charge in [-0.25, -0.2) is 4.79 Å². The molecule has 6 nitrogen and oxygen atoms in total. The number of pyridine rings is 1. The molecule has 2 aromatic rings. The standard InChI is InChI=1S/C18H20N2O4/c1-12-13(15-9-4-5-10-19-15)7-6-8-14(12)16(21)20-18(2,11-24-3)17(22)23/h4-10H,11H2,1-3H3,(H,20,21)(H,22,23). The van der Waals surface area contributed by atoms with E-state index >= 15 is 0 Å². The van der Waals surface area contributed by atoms with Crippen molar-refractivity contribution in [2.75, 3.05) is 13.7 Å². The van der Waals surface area contributed by atoms with E-state index in [1.54, 1.807) is 18.3 Å². The van der Waals surface area contributed by atoms with E-state index in [1.165, 1.54) is 14.0 Å². The zero-order valence-corrected chi connectivity index (χ0v) is 13.9. The van der Waals surface area contributed by atoms with Crippen LogP contribution in [-0.4, -0.2) is 41.2 Å². The number of methoxy groups -OCH3 is 1. The monoisotopic (exact) mass is 328 g/mol. The number of aromatic nitrogens is 1. The van der Waals surface area contributed by atoms with Gasteiger partial charge in [-0.15, -0.1) is 0 Å². The van der Waals surface area contributed by atoms with Crippen molar-refractivity contribution >= 4 is 11.9 Å². The summed E-state index contributed by atoms with van der Waals surface area (Å²) in [5.41, 5.74) is 1.22. The lowest BCUT2D eigenvalue weighted by Crippen LogP contribution is -2.55. The Labute approximate surface area is 140 Å². The van der Waals surface area contributed by atoms with E-state index in [9.17, 15) is 14.7 Å². The van der Waals surface area contributed by atoms with Gasteiger partial charge in [-0.1, -0.05) is 18.2 Å². The molecule has 0 fully saturated rings. The van der Waals surface area contributed by atoms with Crippen LogP contribution in [0.3, 0.4) is 0 Å². The average Bonchev–Trinajstić information content (AvgIpc) is 2.55. The molecule has 0 saturated heterocycles. The van der Waals surface area contributed by atoms with Gasteiger partial charge in [0, 0.05) is 24.4 Å². The zero-order chi connectivity index (χ0) is 17.7. The van der Waals surface area contributed by atoms with Crippen molar-refractivity contribution in [2.45, 2.75) is 19.4 Å². The first kappa shape index (κ1) is 17.6. The van der Waals surface area contributed by atoms with Crippen LogP contribution in [0.4, 0.5) is 0 Å². The summed E-state index contributed by atoms with van der Waals surface area (Å²) in [5.74, 6) is -1.62. The van der Waals surface area contributed by atoms with Crippen molar-refractivity contribution in [1.82, 2.24) is 10.3 Å². The van der Waals surface area contributed by atoms with Crippen LogP contribution in [0.5, 0.6) is 0 Å². The van der Waals surface area contributed by atoms with E-state index in [0.717, 1.165) is 16.8 Å². The summed E-state index contributed by atoms with van der Waals surface area (Å²) in [6.45, 7) is 3.09. The smallest absolute Gasteiger partial charge is 0.331 e. The van der Waals surface area contributed by atoms with Crippen molar-refractivity contribution < 1.29 is 19.4 Å². The van der Waals surface area contributed by atoms with Crippen LogP contribution in [0, 0.1) is 6.92 Å².